The lowest BCUT2D eigenvalue weighted by molar-refractivity contribution is 0.186. The number of hydrogen-bond donors (Lipinski definition) is 1. The molecule has 1 unspecified atom stereocenters. The van der Waals surface area contributed by atoms with E-state index in [2.05, 4.69) is 6.92 Å². The van der Waals surface area contributed by atoms with Gasteiger partial charge in [-0.25, -0.2) is 4.39 Å². The molecule has 0 aliphatic carbocycles. The Morgan fingerprint density at radius 2 is 2.13 bits per heavy atom. The van der Waals surface area contributed by atoms with E-state index >= 15 is 0 Å². The third-order valence-corrected chi connectivity index (χ3v) is 3.35. The minimum atomic E-state index is -0.324. The van der Waals surface area contributed by atoms with Crippen LogP contribution in [0.2, 0.25) is 0 Å². The van der Waals surface area contributed by atoms with Crippen LogP contribution in [-0.2, 0) is 0 Å². The fraction of sp³-hybridized carbons (Fsp3) is 0.500. The van der Waals surface area contributed by atoms with Crippen LogP contribution in [-0.4, -0.2) is 17.0 Å². The Kier molecular flexibility index (Phi) is 5.73. The number of rotatable bonds is 6. The zero-order chi connectivity index (χ0) is 11.1. The lowest BCUT2D eigenvalue weighted by Gasteiger charge is -2.09. The molecule has 0 saturated carbocycles. The summed E-state index contributed by atoms with van der Waals surface area (Å²) in [6.45, 7) is 2.09. The molecular weight excluding hydrogens is 211 g/mol. The minimum absolute atomic E-state index is 0.204. The molecule has 1 nitrogen and oxygen atoms in total. The molecule has 15 heavy (non-hydrogen) atoms. The summed E-state index contributed by atoms with van der Waals surface area (Å²) in [6.07, 6.45) is 2.59. The second-order valence-electron chi connectivity index (χ2n) is 3.54. The molecule has 0 saturated heterocycles. The van der Waals surface area contributed by atoms with Gasteiger partial charge in [-0.1, -0.05) is 31.9 Å². The third-order valence-electron chi connectivity index (χ3n) is 2.16. The van der Waals surface area contributed by atoms with Crippen LogP contribution in [0, 0.1) is 5.82 Å². The van der Waals surface area contributed by atoms with Crippen molar-refractivity contribution in [1.82, 2.24) is 0 Å². The maximum absolute atomic E-state index is 13.2. The van der Waals surface area contributed by atoms with E-state index in [0.29, 0.717) is 10.6 Å². The standard InChI is InChI=1S/C12H17FOS/c1-2-3-6-10(14)9-15-12-8-5-4-7-11(12)13/h4-5,7-8,10,14H,2-3,6,9H2,1H3. The molecule has 0 aromatic heterocycles. The molecule has 1 aromatic carbocycles. The van der Waals surface area contributed by atoms with Crippen molar-refractivity contribution in [3.63, 3.8) is 0 Å². The fourth-order valence-electron chi connectivity index (χ4n) is 1.27. The van der Waals surface area contributed by atoms with Gasteiger partial charge in [-0.15, -0.1) is 11.8 Å². The van der Waals surface area contributed by atoms with Gasteiger partial charge >= 0.3 is 0 Å². The van der Waals surface area contributed by atoms with Gasteiger partial charge in [0.1, 0.15) is 5.82 Å². The largest absolute Gasteiger partial charge is 0.392 e. The lowest BCUT2D eigenvalue weighted by atomic mass is 10.2. The maximum Gasteiger partial charge on any atom is 0.136 e. The smallest absolute Gasteiger partial charge is 0.136 e. The first kappa shape index (κ1) is 12.5. The molecule has 1 N–H and O–H groups in total. The number of unbranched alkanes of at least 4 members (excludes halogenated alkanes) is 1. The van der Waals surface area contributed by atoms with Crippen molar-refractivity contribution in [3.05, 3.63) is 30.1 Å². The summed E-state index contributed by atoms with van der Waals surface area (Å²) in [6, 6.07) is 6.67. The number of thioether (sulfide) groups is 1. The van der Waals surface area contributed by atoms with E-state index in [9.17, 15) is 9.50 Å². The quantitative estimate of drug-likeness (QED) is 0.752. The lowest BCUT2D eigenvalue weighted by Crippen LogP contribution is -2.09. The Hall–Kier alpha value is -0.540. The molecule has 0 spiro atoms. The van der Waals surface area contributed by atoms with Crippen molar-refractivity contribution in [2.75, 3.05) is 5.75 Å². The summed E-state index contributed by atoms with van der Waals surface area (Å²) in [7, 11) is 0. The van der Waals surface area contributed by atoms with Gasteiger partial charge < -0.3 is 5.11 Å². The molecule has 0 aliphatic rings. The molecule has 1 atom stereocenters. The summed E-state index contributed by atoms with van der Waals surface area (Å²) < 4.78 is 13.2. The van der Waals surface area contributed by atoms with Gasteiger partial charge in [0, 0.05) is 10.6 Å². The molecule has 0 bridgehead atoms. The van der Waals surface area contributed by atoms with Gasteiger partial charge in [0.25, 0.3) is 0 Å². The minimum Gasteiger partial charge on any atom is -0.392 e. The predicted octanol–water partition coefficient (Wildman–Crippen LogP) is 3.47. The van der Waals surface area contributed by atoms with Crippen molar-refractivity contribution < 1.29 is 9.50 Å². The van der Waals surface area contributed by atoms with Crippen LogP contribution in [0.3, 0.4) is 0 Å². The molecule has 0 amide bonds. The summed E-state index contributed by atoms with van der Waals surface area (Å²) in [5.41, 5.74) is 0. The second-order valence-corrected chi connectivity index (χ2v) is 4.60. The van der Waals surface area contributed by atoms with E-state index in [-0.39, 0.29) is 11.9 Å². The Labute approximate surface area is 94.7 Å². The first-order valence-electron chi connectivity index (χ1n) is 5.29. The van der Waals surface area contributed by atoms with Crippen LogP contribution in [0.4, 0.5) is 4.39 Å². The number of aliphatic hydroxyl groups is 1. The van der Waals surface area contributed by atoms with Crippen molar-refractivity contribution in [1.29, 1.82) is 0 Å². The normalized spacial score (nSPS) is 12.7. The zero-order valence-electron chi connectivity index (χ0n) is 8.95. The van der Waals surface area contributed by atoms with Crippen LogP contribution in [0.15, 0.2) is 29.2 Å². The Morgan fingerprint density at radius 1 is 1.40 bits per heavy atom. The van der Waals surface area contributed by atoms with Gasteiger partial charge in [-0.3, -0.25) is 0 Å². The van der Waals surface area contributed by atoms with Gasteiger partial charge in [0.15, 0.2) is 0 Å². The Morgan fingerprint density at radius 3 is 2.80 bits per heavy atom. The maximum atomic E-state index is 13.2. The van der Waals surface area contributed by atoms with Gasteiger partial charge in [0.05, 0.1) is 6.10 Å². The van der Waals surface area contributed by atoms with Crippen molar-refractivity contribution >= 4 is 11.8 Å². The summed E-state index contributed by atoms with van der Waals surface area (Å²) >= 11 is 1.38. The molecule has 0 heterocycles. The first-order valence-corrected chi connectivity index (χ1v) is 6.28. The SMILES string of the molecule is CCCCC(O)CSc1ccccc1F. The van der Waals surface area contributed by atoms with Crippen LogP contribution in [0.1, 0.15) is 26.2 Å². The molecule has 84 valence electrons. The van der Waals surface area contributed by atoms with Crippen LogP contribution in [0.5, 0.6) is 0 Å². The van der Waals surface area contributed by atoms with E-state index in [0.717, 1.165) is 19.3 Å². The predicted molar refractivity (Wildman–Crippen MR) is 62.7 cm³/mol. The second kappa shape index (κ2) is 6.85. The van der Waals surface area contributed by atoms with Crippen LogP contribution in [0.25, 0.3) is 0 Å². The highest BCUT2D eigenvalue weighted by atomic mass is 32.2. The molecular formula is C12H17FOS. The fourth-order valence-corrected chi connectivity index (χ4v) is 2.19. The monoisotopic (exact) mass is 228 g/mol. The molecule has 0 radical (unpaired) electrons. The molecule has 1 rings (SSSR count). The van der Waals surface area contributed by atoms with E-state index in [1.807, 2.05) is 6.07 Å². The highest BCUT2D eigenvalue weighted by Crippen LogP contribution is 2.22. The summed E-state index contributed by atoms with van der Waals surface area (Å²) in [5.74, 6) is 0.367. The van der Waals surface area contributed by atoms with Crippen LogP contribution >= 0.6 is 11.8 Å². The first-order chi connectivity index (χ1) is 7.24. The molecule has 3 heteroatoms. The molecule has 0 fully saturated rings. The van der Waals surface area contributed by atoms with E-state index in [1.54, 1.807) is 12.1 Å². The number of halogens is 1. The van der Waals surface area contributed by atoms with Crippen molar-refractivity contribution in [3.8, 4) is 0 Å². The van der Waals surface area contributed by atoms with Crippen molar-refractivity contribution in [2.45, 2.75) is 37.2 Å². The number of hydrogen-bond acceptors (Lipinski definition) is 2. The molecule has 1 aromatic rings. The van der Waals surface area contributed by atoms with Crippen LogP contribution < -0.4 is 0 Å². The number of benzene rings is 1. The summed E-state index contributed by atoms with van der Waals surface area (Å²) in [4.78, 5) is 0.619. The molecule has 0 aliphatic heterocycles. The topological polar surface area (TPSA) is 20.2 Å². The van der Waals surface area contributed by atoms with E-state index in [1.165, 1.54) is 17.8 Å². The van der Waals surface area contributed by atoms with E-state index in [4.69, 9.17) is 0 Å². The highest BCUT2D eigenvalue weighted by molar-refractivity contribution is 7.99. The zero-order valence-corrected chi connectivity index (χ0v) is 9.77. The van der Waals surface area contributed by atoms with Gasteiger partial charge in [-0.2, -0.15) is 0 Å². The highest BCUT2D eigenvalue weighted by Gasteiger charge is 2.06. The van der Waals surface area contributed by atoms with Gasteiger partial charge in [0.2, 0.25) is 0 Å². The number of aliphatic hydroxyl groups excluding tert-OH is 1. The third kappa shape index (κ3) is 4.67. The van der Waals surface area contributed by atoms with Gasteiger partial charge in [-0.05, 0) is 18.6 Å². The Balaban J connectivity index is 2.33. The summed E-state index contributed by atoms with van der Waals surface area (Å²) in [5, 5.41) is 9.59. The average Bonchev–Trinajstić information content (AvgIpc) is 2.25. The van der Waals surface area contributed by atoms with Crippen molar-refractivity contribution in [2.24, 2.45) is 0 Å². The van der Waals surface area contributed by atoms with E-state index < -0.39 is 0 Å². The Bertz CT molecular complexity index is 291. The average molecular weight is 228 g/mol.